The molecule has 0 aromatic heterocycles. The van der Waals surface area contributed by atoms with Crippen molar-refractivity contribution in [1.82, 2.24) is 10.2 Å². The number of likely N-dealkylation sites (N-methyl/N-ethyl adjacent to an activating group) is 1. The van der Waals surface area contributed by atoms with Gasteiger partial charge in [-0.2, -0.15) is 0 Å². The molecule has 2 aliphatic rings. The zero-order chi connectivity index (χ0) is 10.7. The van der Waals surface area contributed by atoms with Crippen molar-refractivity contribution in [3.05, 3.63) is 12.2 Å². The molecule has 0 spiro atoms. The van der Waals surface area contributed by atoms with Gasteiger partial charge in [0.25, 0.3) is 0 Å². The fraction of sp³-hybridized carbons (Fsp3) is 0.750. The molecule has 0 saturated carbocycles. The third-order valence-corrected chi connectivity index (χ3v) is 3.53. The third-order valence-electron chi connectivity index (χ3n) is 3.53. The van der Waals surface area contributed by atoms with Crippen molar-refractivity contribution in [3.8, 4) is 0 Å². The lowest BCUT2D eigenvalue weighted by Crippen LogP contribution is -2.37. The van der Waals surface area contributed by atoms with Crippen LogP contribution in [0.1, 0.15) is 25.7 Å². The van der Waals surface area contributed by atoms with Gasteiger partial charge in [-0.3, -0.25) is 4.79 Å². The zero-order valence-corrected chi connectivity index (χ0v) is 9.41. The van der Waals surface area contributed by atoms with Crippen molar-refractivity contribution < 1.29 is 4.79 Å². The Kier molecular flexibility index (Phi) is 3.41. The van der Waals surface area contributed by atoms with Gasteiger partial charge in [-0.25, -0.2) is 0 Å². The van der Waals surface area contributed by atoms with Gasteiger partial charge < -0.3 is 10.2 Å². The van der Waals surface area contributed by atoms with Crippen molar-refractivity contribution in [2.24, 2.45) is 5.92 Å². The van der Waals surface area contributed by atoms with Gasteiger partial charge in [-0.05, 0) is 32.7 Å². The van der Waals surface area contributed by atoms with Crippen molar-refractivity contribution in [2.45, 2.75) is 31.7 Å². The number of carbonyl (C=O) groups is 1. The summed E-state index contributed by atoms with van der Waals surface area (Å²) in [6.45, 7) is 1.83. The molecule has 1 saturated heterocycles. The smallest absolute Gasteiger partial charge is 0.226 e. The van der Waals surface area contributed by atoms with Crippen molar-refractivity contribution >= 4 is 5.91 Å². The number of rotatable bonds is 2. The molecule has 1 fully saturated rings. The first-order chi connectivity index (χ1) is 7.31. The van der Waals surface area contributed by atoms with Gasteiger partial charge >= 0.3 is 0 Å². The minimum Gasteiger partial charge on any atom is -0.341 e. The second kappa shape index (κ2) is 4.79. The van der Waals surface area contributed by atoms with Crippen LogP contribution in [0, 0.1) is 5.92 Å². The number of nitrogens with zero attached hydrogens (tertiary/aromatic N) is 1. The molecule has 2 unspecified atom stereocenters. The van der Waals surface area contributed by atoms with Gasteiger partial charge in [0.1, 0.15) is 0 Å². The third kappa shape index (κ3) is 2.40. The molecule has 0 aromatic rings. The van der Waals surface area contributed by atoms with Crippen LogP contribution >= 0.6 is 0 Å². The Morgan fingerprint density at radius 3 is 2.87 bits per heavy atom. The Labute approximate surface area is 91.5 Å². The first-order valence-electron chi connectivity index (χ1n) is 5.92. The maximum Gasteiger partial charge on any atom is 0.226 e. The van der Waals surface area contributed by atoms with Crippen LogP contribution in [0.2, 0.25) is 0 Å². The topological polar surface area (TPSA) is 32.3 Å². The lowest BCUT2D eigenvalue weighted by molar-refractivity contribution is -0.134. The fourth-order valence-corrected chi connectivity index (χ4v) is 2.47. The van der Waals surface area contributed by atoms with E-state index in [4.69, 9.17) is 0 Å². The molecule has 1 heterocycles. The Bertz CT molecular complexity index is 262. The number of nitrogens with one attached hydrogen (secondary N) is 1. The molecule has 3 nitrogen and oxygen atoms in total. The largest absolute Gasteiger partial charge is 0.341 e. The summed E-state index contributed by atoms with van der Waals surface area (Å²) in [5.41, 5.74) is 0. The summed E-state index contributed by atoms with van der Waals surface area (Å²) >= 11 is 0. The lowest BCUT2D eigenvalue weighted by atomic mass is 9.93. The van der Waals surface area contributed by atoms with Crippen LogP contribution in [0.25, 0.3) is 0 Å². The van der Waals surface area contributed by atoms with E-state index < -0.39 is 0 Å². The van der Waals surface area contributed by atoms with E-state index in [1.54, 1.807) is 0 Å². The number of likely N-dealkylation sites (tertiary alicyclic amines) is 1. The molecule has 1 amide bonds. The van der Waals surface area contributed by atoms with E-state index in [0.717, 1.165) is 38.8 Å². The Morgan fingerprint density at radius 1 is 1.40 bits per heavy atom. The number of hydrogen-bond acceptors (Lipinski definition) is 2. The predicted octanol–water partition coefficient (Wildman–Crippen LogP) is 1.16. The van der Waals surface area contributed by atoms with Gasteiger partial charge in [0, 0.05) is 25.0 Å². The summed E-state index contributed by atoms with van der Waals surface area (Å²) in [4.78, 5) is 14.2. The summed E-state index contributed by atoms with van der Waals surface area (Å²) < 4.78 is 0. The number of carbonyl (C=O) groups excluding carboxylic acids is 1. The van der Waals surface area contributed by atoms with Gasteiger partial charge in [0.05, 0.1) is 0 Å². The molecular formula is C12H20N2O. The molecule has 2 rings (SSSR count). The highest BCUT2D eigenvalue weighted by Crippen LogP contribution is 2.22. The van der Waals surface area contributed by atoms with Gasteiger partial charge in [-0.15, -0.1) is 0 Å². The predicted molar refractivity (Wildman–Crippen MR) is 60.5 cm³/mol. The van der Waals surface area contributed by atoms with Crippen molar-refractivity contribution in [2.75, 3.05) is 20.1 Å². The normalized spacial score (nSPS) is 30.9. The Hall–Kier alpha value is -0.830. The number of hydrogen-bond donors (Lipinski definition) is 1. The van der Waals surface area contributed by atoms with Crippen LogP contribution in [0.5, 0.6) is 0 Å². The molecule has 0 aromatic carbocycles. The molecular weight excluding hydrogens is 188 g/mol. The van der Waals surface area contributed by atoms with E-state index in [2.05, 4.69) is 17.5 Å². The van der Waals surface area contributed by atoms with Crippen LogP contribution in [0.4, 0.5) is 0 Å². The summed E-state index contributed by atoms with van der Waals surface area (Å²) in [7, 11) is 1.97. The van der Waals surface area contributed by atoms with Crippen LogP contribution < -0.4 is 5.32 Å². The molecule has 1 aliphatic heterocycles. The minimum atomic E-state index is 0.255. The van der Waals surface area contributed by atoms with Crippen molar-refractivity contribution in [1.29, 1.82) is 0 Å². The molecule has 2 atom stereocenters. The highest BCUT2D eigenvalue weighted by Gasteiger charge is 2.29. The molecule has 0 bridgehead atoms. The average Bonchev–Trinajstić information content (AvgIpc) is 2.78. The lowest BCUT2D eigenvalue weighted by Gasteiger charge is -2.24. The molecule has 1 N–H and O–H groups in total. The summed E-state index contributed by atoms with van der Waals surface area (Å²) in [5, 5.41) is 3.24. The first kappa shape index (κ1) is 10.7. The fourth-order valence-electron chi connectivity index (χ4n) is 2.47. The van der Waals surface area contributed by atoms with E-state index >= 15 is 0 Å². The maximum atomic E-state index is 12.1. The van der Waals surface area contributed by atoms with Crippen LogP contribution in [0.15, 0.2) is 12.2 Å². The molecule has 15 heavy (non-hydrogen) atoms. The minimum absolute atomic E-state index is 0.255. The van der Waals surface area contributed by atoms with Gasteiger partial charge in [0.2, 0.25) is 5.91 Å². The molecule has 0 radical (unpaired) electrons. The van der Waals surface area contributed by atoms with E-state index in [-0.39, 0.29) is 5.92 Å². The highest BCUT2D eigenvalue weighted by atomic mass is 16.2. The second-order valence-corrected chi connectivity index (χ2v) is 4.54. The van der Waals surface area contributed by atoms with Crippen molar-refractivity contribution in [3.63, 3.8) is 0 Å². The van der Waals surface area contributed by atoms with Crippen LogP contribution in [0.3, 0.4) is 0 Å². The molecule has 84 valence electrons. The number of allylic oxidation sites excluding steroid dienone is 2. The van der Waals surface area contributed by atoms with E-state index in [1.165, 1.54) is 0 Å². The van der Waals surface area contributed by atoms with Gasteiger partial charge in [-0.1, -0.05) is 12.2 Å². The SMILES string of the molecule is CNC1CCN(C(=O)C2CC=CCC2)C1. The quantitative estimate of drug-likeness (QED) is 0.691. The zero-order valence-electron chi connectivity index (χ0n) is 9.41. The van der Waals surface area contributed by atoms with Gasteiger partial charge in [0.15, 0.2) is 0 Å². The monoisotopic (exact) mass is 208 g/mol. The molecule has 3 heteroatoms. The second-order valence-electron chi connectivity index (χ2n) is 4.54. The average molecular weight is 208 g/mol. The Morgan fingerprint density at radius 2 is 2.27 bits per heavy atom. The molecule has 1 aliphatic carbocycles. The van der Waals surface area contributed by atoms with E-state index in [1.807, 2.05) is 11.9 Å². The summed E-state index contributed by atoms with van der Waals surface area (Å²) in [6, 6.07) is 0.507. The first-order valence-corrected chi connectivity index (χ1v) is 5.92. The Balaban J connectivity index is 1.88. The van der Waals surface area contributed by atoms with E-state index in [0.29, 0.717) is 11.9 Å². The van der Waals surface area contributed by atoms with Crippen LogP contribution in [-0.4, -0.2) is 37.0 Å². The maximum absolute atomic E-state index is 12.1. The van der Waals surface area contributed by atoms with E-state index in [9.17, 15) is 4.79 Å². The summed E-state index contributed by atoms with van der Waals surface area (Å²) in [6.07, 6.45) is 8.49. The standard InChI is InChI=1S/C12H20N2O/c1-13-11-7-8-14(9-11)12(15)10-5-3-2-4-6-10/h2-3,10-11,13H,4-9H2,1H3. The summed E-state index contributed by atoms with van der Waals surface area (Å²) in [5.74, 6) is 0.628. The highest BCUT2D eigenvalue weighted by molar-refractivity contribution is 5.79. The van der Waals surface area contributed by atoms with Crippen LogP contribution in [-0.2, 0) is 4.79 Å². The number of amides is 1.